The molecule has 2 aromatic rings. The Morgan fingerprint density at radius 1 is 1.26 bits per heavy atom. The van der Waals surface area contributed by atoms with Crippen LogP contribution in [0.25, 0.3) is 0 Å². The van der Waals surface area contributed by atoms with Crippen LogP contribution in [0, 0.1) is 18.6 Å². The normalized spacial score (nSPS) is 10.6. The molecule has 0 radical (unpaired) electrons. The van der Waals surface area contributed by atoms with Crippen LogP contribution in [0.3, 0.4) is 0 Å². The fourth-order valence-electron chi connectivity index (χ4n) is 1.56. The molecule has 4 nitrogen and oxygen atoms in total. The van der Waals surface area contributed by atoms with Crippen molar-refractivity contribution in [2.45, 2.75) is 19.6 Å². The first kappa shape index (κ1) is 14.1. The first-order valence-corrected chi connectivity index (χ1v) is 7.63. The molecule has 102 valence electrons. The summed E-state index contributed by atoms with van der Waals surface area (Å²) in [5.41, 5.74) is 2.55. The zero-order valence-electron chi connectivity index (χ0n) is 11.0. The third-order valence-corrected chi connectivity index (χ3v) is 3.89. The first-order chi connectivity index (χ1) is 9.15. The molecule has 0 saturated carbocycles. The van der Waals surface area contributed by atoms with Crippen LogP contribution in [-0.2, 0) is 5.75 Å². The molecular weight excluding hydrogens is 278 g/mol. The average Bonchev–Trinajstić information content (AvgIpc) is 2.79. The van der Waals surface area contributed by atoms with Crippen molar-refractivity contribution in [2.75, 3.05) is 12.4 Å². The number of aromatic amines is 2. The lowest BCUT2D eigenvalue weighted by Gasteiger charge is -2.07. The number of ether oxygens (including phenoxy) is 1. The van der Waals surface area contributed by atoms with Gasteiger partial charge in [-0.05, 0) is 49.3 Å². The summed E-state index contributed by atoms with van der Waals surface area (Å²) in [5, 5.41) is 5.71. The van der Waals surface area contributed by atoms with Crippen LogP contribution in [0.1, 0.15) is 17.0 Å². The van der Waals surface area contributed by atoms with Gasteiger partial charge in [-0.25, -0.2) is 4.98 Å². The van der Waals surface area contributed by atoms with Gasteiger partial charge in [0.05, 0.1) is 12.4 Å². The molecule has 1 heterocycles. The molecule has 19 heavy (non-hydrogen) atoms. The Morgan fingerprint density at radius 3 is 2.79 bits per heavy atom. The van der Waals surface area contributed by atoms with Gasteiger partial charge in [-0.3, -0.25) is 10.2 Å². The summed E-state index contributed by atoms with van der Waals surface area (Å²) in [7, 11) is 0. The Labute approximate surface area is 122 Å². The van der Waals surface area contributed by atoms with Gasteiger partial charge in [-0.2, -0.15) is 11.8 Å². The highest BCUT2D eigenvalue weighted by molar-refractivity contribution is 7.98. The molecule has 6 heteroatoms. The average molecular weight is 295 g/mol. The molecule has 2 N–H and O–H groups in total. The van der Waals surface area contributed by atoms with E-state index in [0.717, 1.165) is 23.1 Å². The monoisotopic (exact) mass is 295 g/mol. The van der Waals surface area contributed by atoms with Crippen LogP contribution in [0.15, 0.2) is 18.2 Å². The summed E-state index contributed by atoms with van der Waals surface area (Å²) in [6.07, 6.45) is 0. The van der Waals surface area contributed by atoms with E-state index in [2.05, 4.69) is 41.2 Å². The van der Waals surface area contributed by atoms with Crippen LogP contribution < -0.4 is 4.74 Å². The second-order valence-corrected chi connectivity index (χ2v) is 5.75. The Balaban J connectivity index is 1.69. The van der Waals surface area contributed by atoms with E-state index in [1.54, 1.807) is 11.8 Å². The quantitative estimate of drug-likeness (QED) is 0.633. The molecule has 0 spiro atoms. The fraction of sp³-hybridized carbons (Fsp3) is 0.385. The van der Waals surface area contributed by atoms with Gasteiger partial charge in [-0.1, -0.05) is 6.07 Å². The van der Waals surface area contributed by atoms with E-state index in [9.17, 15) is 0 Å². The van der Waals surface area contributed by atoms with E-state index in [-0.39, 0.29) is 0 Å². The van der Waals surface area contributed by atoms with Crippen molar-refractivity contribution >= 4 is 24.0 Å². The third kappa shape index (κ3) is 4.40. The summed E-state index contributed by atoms with van der Waals surface area (Å²) in [5.74, 6) is 3.54. The van der Waals surface area contributed by atoms with Crippen molar-refractivity contribution in [2.24, 2.45) is 0 Å². The standard InChI is InChI=1S/C13H17N3OS2/c1-9-3-4-11(7-10(9)2)17-5-6-19-8-12-14-13(18)16-15-12/h3-4,7H,5-6,8H2,1-2H3,(H2,14,15,16,18). The number of H-pyrrole nitrogens is 2. The minimum atomic E-state index is 0.502. The summed E-state index contributed by atoms with van der Waals surface area (Å²) < 4.78 is 6.21. The minimum Gasteiger partial charge on any atom is -0.493 e. The Hall–Kier alpha value is -1.27. The van der Waals surface area contributed by atoms with Gasteiger partial charge in [0.1, 0.15) is 11.6 Å². The van der Waals surface area contributed by atoms with Crippen LogP contribution >= 0.6 is 24.0 Å². The predicted octanol–water partition coefficient (Wildman–Crippen LogP) is 3.40. The number of thioether (sulfide) groups is 1. The van der Waals surface area contributed by atoms with Gasteiger partial charge >= 0.3 is 0 Å². The molecule has 1 aromatic carbocycles. The van der Waals surface area contributed by atoms with Gasteiger partial charge < -0.3 is 4.74 Å². The van der Waals surface area contributed by atoms with Gasteiger partial charge in [0.25, 0.3) is 0 Å². The van der Waals surface area contributed by atoms with E-state index in [1.807, 2.05) is 6.07 Å². The van der Waals surface area contributed by atoms with Crippen molar-refractivity contribution in [3.63, 3.8) is 0 Å². The first-order valence-electron chi connectivity index (χ1n) is 6.06. The fourth-order valence-corrected chi connectivity index (χ4v) is 2.40. The molecule has 0 bridgehead atoms. The lowest BCUT2D eigenvalue weighted by atomic mass is 10.1. The van der Waals surface area contributed by atoms with Gasteiger partial charge in [0.2, 0.25) is 4.77 Å². The number of nitrogens with zero attached hydrogens (tertiary/aromatic N) is 1. The van der Waals surface area contributed by atoms with E-state index in [4.69, 9.17) is 17.0 Å². The Kier molecular flexibility index (Phi) is 5.04. The minimum absolute atomic E-state index is 0.502. The van der Waals surface area contributed by atoms with Gasteiger partial charge in [0.15, 0.2) is 0 Å². The third-order valence-electron chi connectivity index (χ3n) is 2.76. The second kappa shape index (κ2) is 6.77. The molecule has 0 amide bonds. The van der Waals surface area contributed by atoms with E-state index in [1.165, 1.54) is 11.1 Å². The molecular formula is C13H17N3OS2. The lowest BCUT2D eigenvalue weighted by molar-refractivity contribution is 0.343. The van der Waals surface area contributed by atoms with Crippen molar-refractivity contribution in [1.82, 2.24) is 15.2 Å². The number of hydrogen-bond donors (Lipinski definition) is 2. The smallest absolute Gasteiger partial charge is 0.213 e. The summed E-state index contributed by atoms with van der Waals surface area (Å²) in [6.45, 7) is 4.89. The number of hydrogen-bond acceptors (Lipinski definition) is 4. The topological polar surface area (TPSA) is 53.7 Å². The molecule has 0 aliphatic carbocycles. The molecule has 0 unspecified atom stereocenters. The van der Waals surface area contributed by atoms with Crippen molar-refractivity contribution in [3.8, 4) is 5.75 Å². The highest BCUT2D eigenvalue weighted by Crippen LogP contribution is 2.17. The highest BCUT2D eigenvalue weighted by atomic mass is 32.2. The number of rotatable bonds is 6. The molecule has 1 aromatic heterocycles. The van der Waals surface area contributed by atoms with Crippen molar-refractivity contribution in [3.05, 3.63) is 39.9 Å². The maximum Gasteiger partial charge on any atom is 0.213 e. The number of aryl methyl sites for hydroxylation is 2. The molecule has 2 rings (SSSR count). The van der Waals surface area contributed by atoms with Gasteiger partial charge in [0, 0.05) is 5.75 Å². The maximum atomic E-state index is 5.71. The molecule has 0 fully saturated rings. The number of aromatic nitrogens is 3. The molecule has 0 aliphatic heterocycles. The van der Waals surface area contributed by atoms with Crippen molar-refractivity contribution < 1.29 is 4.74 Å². The zero-order valence-corrected chi connectivity index (χ0v) is 12.7. The van der Waals surface area contributed by atoms with Crippen molar-refractivity contribution in [1.29, 1.82) is 0 Å². The maximum absolute atomic E-state index is 5.71. The molecule has 0 saturated heterocycles. The van der Waals surface area contributed by atoms with Crippen LogP contribution in [0.5, 0.6) is 5.75 Å². The molecule has 0 aliphatic rings. The predicted molar refractivity (Wildman–Crippen MR) is 81.3 cm³/mol. The largest absolute Gasteiger partial charge is 0.493 e. The highest BCUT2D eigenvalue weighted by Gasteiger charge is 1.99. The SMILES string of the molecule is Cc1ccc(OCCSCc2nc(=S)[nH][nH]2)cc1C. The number of benzene rings is 1. The van der Waals surface area contributed by atoms with Gasteiger partial charge in [-0.15, -0.1) is 0 Å². The zero-order chi connectivity index (χ0) is 13.7. The van der Waals surface area contributed by atoms with Crippen LogP contribution in [0.2, 0.25) is 0 Å². The van der Waals surface area contributed by atoms with Crippen LogP contribution in [-0.4, -0.2) is 27.5 Å². The molecule has 0 atom stereocenters. The van der Waals surface area contributed by atoms with Crippen LogP contribution in [0.4, 0.5) is 0 Å². The summed E-state index contributed by atoms with van der Waals surface area (Å²) in [6, 6.07) is 6.17. The summed E-state index contributed by atoms with van der Waals surface area (Å²) in [4.78, 5) is 4.13. The summed E-state index contributed by atoms with van der Waals surface area (Å²) >= 11 is 6.65. The Morgan fingerprint density at radius 2 is 2.11 bits per heavy atom. The van der Waals surface area contributed by atoms with E-state index < -0.39 is 0 Å². The number of nitrogens with one attached hydrogen (secondary N) is 2. The Bertz CT molecular complexity index is 592. The second-order valence-electron chi connectivity index (χ2n) is 4.26. The van der Waals surface area contributed by atoms with E-state index in [0.29, 0.717) is 11.4 Å². The van der Waals surface area contributed by atoms with E-state index >= 15 is 0 Å². The lowest BCUT2D eigenvalue weighted by Crippen LogP contribution is -2.01.